The van der Waals surface area contributed by atoms with Crippen LogP contribution >= 0.6 is 0 Å². The van der Waals surface area contributed by atoms with E-state index in [0.717, 1.165) is 30.4 Å². The second-order valence-corrected chi connectivity index (χ2v) is 9.92. The predicted octanol–water partition coefficient (Wildman–Crippen LogP) is 5.77. The van der Waals surface area contributed by atoms with Gasteiger partial charge in [0.2, 0.25) is 5.79 Å². The van der Waals surface area contributed by atoms with Crippen LogP contribution < -0.4 is 14.4 Å². The van der Waals surface area contributed by atoms with Gasteiger partial charge in [-0.15, -0.1) is 10.2 Å². The number of alkyl halides is 1. The molecule has 7 nitrogen and oxygen atoms in total. The number of halogens is 1. The maximum atomic E-state index is 14.6. The molecule has 0 bridgehead atoms. The van der Waals surface area contributed by atoms with Gasteiger partial charge >= 0.3 is 0 Å². The van der Waals surface area contributed by atoms with Gasteiger partial charge in [0.25, 0.3) is 0 Å². The number of rotatable bonds is 5. The molecular formula is C27H31FN4O3. The monoisotopic (exact) mass is 478 g/mol. The van der Waals surface area contributed by atoms with Crippen LogP contribution in [-0.2, 0) is 0 Å². The molecule has 0 unspecified atom stereocenters. The van der Waals surface area contributed by atoms with E-state index in [1.165, 1.54) is 0 Å². The molecule has 0 radical (unpaired) electrons. The number of ether oxygens (including phenoxy) is 2. The lowest BCUT2D eigenvalue weighted by atomic mass is 9.82. The van der Waals surface area contributed by atoms with Gasteiger partial charge in [0, 0.05) is 20.9 Å². The molecule has 3 atom stereocenters. The van der Waals surface area contributed by atoms with Crippen molar-refractivity contribution in [3.8, 4) is 39.8 Å². The molecule has 0 amide bonds. The Hall–Kier alpha value is -3.42. The molecular weight excluding hydrogens is 447 g/mol. The summed E-state index contributed by atoms with van der Waals surface area (Å²) in [5.74, 6) is 2.08. The number of aromatic nitrogens is 3. The van der Waals surface area contributed by atoms with Crippen LogP contribution in [0.15, 0.2) is 42.6 Å². The van der Waals surface area contributed by atoms with Gasteiger partial charge < -0.3 is 19.5 Å². The summed E-state index contributed by atoms with van der Waals surface area (Å²) in [7, 11) is 1.85. The average Bonchev–Trinajstić information content (AvgIpc) is 3.17. The number of nitrogens with zero attached hydrogens (tertiary/aromatic N) is 4. The van der Waals surface area contributed by atoms with Crippen LogP contribution in [0, 0.1) is 5.92 Å². The molecule has 2 aliphatic rings. The summed E-state index contributed by atoms with van der Waals surface area (Å²) >= 11 is 0. The van der Waals surface area contributed by atoms with E-state index in [1.54, 1.807) is 18.3 Å². The van der Waals surface area contributed by atoms with E-state index in [4.69, 9.17) is 9.47 Å². The predicted molar refractivity (Wildman–Crippen MR) is 132 cm³/mol. The molecule has 1 aliphatic carbocycles. The Morgan fingerprint density at radius 1 is 1.06 bits per heavy atom. The van der Waals surface area contributed by atoms with E-state index >= 15 is 0 Å². The first kappa shape index (κ1) is 23.3. The fraction of sp³-hybridized carbons (Fsp3) is 0.444. The minimum Gasteiger partial charge on any atom is -0.507 e. The summed E-state index contributed by atoms with van der Waals surface area (Å²) in [6.45, 7) is 5.87. The lowest BCUT2D eigenvalue weighted by Crippen LogP contribution is -2.44. The summed E-state index contributed by atoms with van der Waals surface area (Å²) in [6.07, 6.45) is 4.08. The van der Waals surface area contributed by atoms with Crippen molar-refractivity contribution in [1.82, 2.24) is 15.2 Å². The van der Waals surface area contributed by atoms with E-state index in [1.807, 2.05) is 50.1 Å². The highest BCUT2D eigenvalue weighted by Crippen LogP contribution is 2.42. The highest BCUT2D eigenvalue weighted by molar-refractivity contribution is 5.74. The smallest absolute Gasteiger partial charge is 0.246 e. The molecule has 1 N–H and O–H groups in total. The molecule has 0 saturated heterocycles. The summed E-state index contributed by atoms with van der Waals surface area (Å²) < 4.78 is 26.2. The largest absolute Gasteiger partial charge is 0.507 e. The van der Waals surface area contributed by atoms with Gasteiger partial charge in [-0.2, -0.15) is 0 Å². The van der Waals surface area contributed by atoms with Crippen LogP contribution in [0.4, 0.5) is 10.2 Å². The molecule has 8 heteroatoms. The third kappa shape index (κ3) is 4.61. The van der Waals surface area contributed by atoms with E-state index in [-0.39, 0.29) is 11.8 Å². The van der Waals surface area contributed by atoms with Gasteiger partial charge in [0.15, 0.2) is 23.1 Å². The fourth-order valence-corrected chi connectivity index (χ4v) is 4.99. The van der Waals surface area contributed by atoms with Crippen molar-refractivity contribution in [1.29, 1.82) is 0 Å². The first-order valence-corrected chi connectivity index (χ1v) is 12.2. The van der Waals surface area contributed by atoms with Crippen molar-refractivity contribution < 1.29 is 19.0 Å². The molecule has 1 saturated carbocycles. The highest BCUT2D eigenvalue weighted by Gasteiger charge is 2.34. The third-order valence-electron chi connectivity index (χ3n) is 7.06. The van der Waals surface area contributed by atoms with Gasteiger partial charge in [-0.25, -0.2) is 9.37 Å². The maximum Gasteiger partial charge on any atom is 0.246 e. The Morgan fingerprint density at radius 3 is 2.51 bits per heavy atom. The average molecular weight is 479 g/mol. The van der Waals surface area contributed by atoms with Gasteiger partial charge in [-0.05, 0) is 60.6 Å². The first-order valence-electron chi connectivity index (χ1n) is 12.2. The van der Waals surface area contributed by atoms with Crippen LogP contribution in [-0.4, -0.2) is 45.3 Å². The first-order chi connectivity index (χ1) is 16.7. The third-order valence-corrected chi connectivity index (χ3v) is 7.06. The summed E-state index contributed by atoms with van der Waals surface area (Å²) in [5, 5.41) is 19.3. The molecule has 1 aliphatic heterocycles. The van der Waals surface area contributed by atoms with E-state index in [0.29, 0.717) is 41.0 Å². The Bertz CT molecular complexity index is 1220. The maximum absolute atomic E-state index is 14.6. The lowest BCUT2D eigenvalue weighted by molar-refractivity contribution is -0.0431. The van der Waals surface area contributed by atoms with Crippen molar-refractivity contribution in [3.05, 3.63) is 42.6 Å². The van der Waals surface area contributed by atoms with Crippen LogP contribution in [0.5, 0.6) is 17.2 Å². The number of phenols is 1. The minimum absolute atomic E-state index is 0.0466. The topological polar surface area (TPSA) is 80.6 Å². The quantitative estimate of drug-likeness (QED) is 0.498. The Kier molecular flexibility index (Phi) is 5.99. The SMILES string of the molecule is CC[C@@H]1CC[C@H](F)[C@H](N(C)c2cnc(-c3ccc(-c4ccc5c(c4)OC(C)(C)O5)cc3O)nn2)C1. The Balaban J connectivity index is 1.34. The number of hydrogen-bond acceptors (Lipinski definition) is 7. The van der Waals surface area contributed by atoms with E-state index in [2.05, 4.69) is 22.1 Å². The normalized spacial score (nSPS) is 22.7. The molecule has 2 heterocycles. The zero-order chi connectivity index (χ0) is 24.7. The second kappa shape index (κ2) is 8.98. The standard InChI is InChI=1S/C27H31FN4O3/c1-5-16-6-10-20(28)21(12-16)32(4)25-15-29-26(31-30-25)19-9-7-17(13-22(19)33)18-8-11-23-24(14-18)35-27(2,3)34-23/h7-9,11,13-16,20-21,33H,5-6,10,12H2,1-4H3/t16-,20+,21-/m1/s1. The van der Waals surface area contributed by atoms with E-state index in [9.17, 15) is 9.50 Å². The number of aromatic hydroxyl groups is 1. The summed E-state index contributed by atoms with van der Waals surface area (Å²) in [5.41, 5.74) is 2.19. The summed E-state index contributed by atoms with van der Waals surface area (Å²) in [6, 6.07) is 10.8. The molecule has 184 valence electrons. The van der Waals surface area contributed by atoms with Crippen LogP contribution in [0.25, 0.3) is 22.5 Å². The summed E-state index contributed by atoms with van der Waals surface area (Å²) in [4.78, 5) is 6.27. The van der Waals surface area contributed by atoms with Gasteiger partial charge in [0.05, 0.1) is 17.8 Å². The van der Waals surface area contributed by atoms with E-state index < -0.39 is 12.0 Å². The Labute approximate surface area is 204 Å². The number of anilines is 1. The van der Waals surface area contributed by atoms with Crippen molar-refractivity contribution in [2.45, 2.75) is 64.5 Å². The molecule has 2 aromatic carbocycles. The van der Waals surface area contributed by atoms with Crippen LogP contribution in [0.1, 0.15) is 46.5 Å². The van der Waals surface area contributed by atoms with Gasteiger partial charge in [0.1, 0.15) is 11.9 Å². The van der Waals surface area contributed by atoms with Gasteiger partial charge in [-0.1, -0.05) is 25.5 Å². The number of benzene rings is 2. The number of hydrogen-bond donors (Lipinski definition) is 1. The Morgan fingerprint density at radius 2 is 1.80 bits per heavy atom. The van der Waals surface area contributed by atoms with Crippen LogP contribution in [0.3, 0.4) is 0 Å². The highest BCUT2D eigenvalue weighted by atomic mass is 19.1. The molecule has 0 spiro atoms. The number of fused-ring (bicyclic) bond motifs is 1. The van der Waals surface area contributed by atoms with Crippen molar-refractivity contribution in [3.63, 3.8) is 0 Å². The molecule has 1 aromatic heterocycles. The van der Waals surface area contributed by atoms with Crippen molar-refractivity contribution in [2.24, 2.45) is 5.92 Å². The zero-order valence-corrected chi connectivity index (χ0v) is 20.5. The lowest BCUT2D eigenvalue weighted by Gasteiger charge is -2.37. The van der Waals surface area contributed by atoms with Gasteiger partial charge in [-0.3, -0.25) is 0 Å². The number of phenolic OH excluding ortho intramolecular Hbond substituents is 1. The zero-order valence-electron chi connectivity index (χ0n) is 20.5. The molecule has 3 aromatic rings. The molecule has 5 rings (SSSR count). The minimum atomic E-state index is -0.886. The second-order valence-electron chi connectivity index (χ2n) is 9.92. The van der Waals surface area contributed by atoms with Crippen molar-refractivity contribution in [2.75, 3.05) is 11.9 Å². The van der Waals surface area contributed by atoms with Crippen molar-refractivity contribution >= 4 is 5.82 Å². The molecule has 1 fully saturated rings. The van der Waals surface area contributed by atoms with Crippen LogP contribution in [0.2, 0.25) is 0 Å². The molecule has 35 heavy (non-hydrogen) atoms. The fourth-order valence-electron chi connectivity index (χ4n) is 4.99.